The van der Waals surface area contributed by atoms with Gasteiger partial charge in [-0.3, -0.25) is 9.59 Å². The molecule has 1 aromatic rings. The Morgan fingerprint density at radius 3 is 2.67 bits per heavy atom. The smallest absolute Gasteiger partial charge is 0.251 e. The van der Waals surface area contributed by atoms with Crippen molar-refractivity contribution in [2.75, 3.05) is 0 Å². The molecule has 0 aliphatic heterocycles. The Labute approximate surface area is 112 Å². The maximum absolute atomic E-state index is 12.1. The molecule has 0 atom stereocenters. The first-order chi connectivity index (χ1) is 8.56. The first-order valence-corrected chi connectivity index (χ1v) is 6.53. The normalized spacial score (nSPS) is 16.7. The van der Waals surface area contributed by atoms with Crippen LogP contribution in [0.1, 0.15) is 41.6 Å². The molecule has 1 saturated carbocycles. The van der Waals surface area contributed by atoms with Gasteiger partial charge in [0.15, 0.2) is 0 Å². The Morgan fingerprint density at radius 2 is 2.00 bits per heavy atom. The van der Waals surface area contributed by atoms with Gasteiger partial charge in [-0.25, -0.2) is 0 Å². The van der Waals surface area contributed by atoms with Crippen molar-refractivity contribution in [1.82, 2.24) is 5.32 Å². The van der Waals surface area contributed by atoms with E-state index >= 15 is 0 Å². The molecule has 0 bridgehead atoms. The summed E-state index contributed by atoms with van der Waals surface area (Å²) >= 11 is 5.90. The van der Waals surface area contributed by atoms with Crippen molar-refractivity contribution >= 4 is 23.3 Å². The zero-order chi connectivity index (χ0) is 13.1. The Kier molecular flexibility index (Phi) is 4.02. The van der Waals surface area contributed by atoms with E-state index in [4.69, 9.17) is 11.6 Å². The number of Topliss-reactive ketones (excluding diaryl/α,β-unsaturated/α-hetero) is 1. The van der Waals surface area contributed by atoms with Gasteiger partial charge in [0.1, 0.15) is 5.78 Å². The van der Waals surface area contributed by atoms with Crippen LogP contribution in [-0.2, 0) is 4.79 Å². The van der Waals surface area contributed by atoms with Crippen molar-refractivity contribution in [1.29, 1.82) is 0 Å². The van der Waals surface area contributed by atoms with E-state index in [2.05, 4.69) is 5.32 Å². The molecule has 1 aliphatic carbocycles. The Balaban J connectivity index is 2.03. The van der Waals surface area contributed by atoms with Crippen LogP contribution in [0.15, 0.2) is 18.2 Å². The number of aryl methyl sites for hydroxylation is 1. The molecule has 1 fully saturated rings. The lowest BCUT2D eigenvalue weighted by Gasteiger charge is -2.22. The third-order valence-electron chi connectivity index (χ3n) is 3.32. The molecule has 1 amide bonds. The molecule has 1 N–H and O–H groups in total. The van der Waals surface area contributed by atoms with Gasteiger partial charge in [0.2, 0.25) is 0 Å². The fraction of sp³-hybridized carbons (Fsp3) is 0.429. The molecule has 1 aromatic carbocycles. The van der Waals surface area contributed by atoms with E-state index in [-0.39, 0.29) is 11.9 Å². The maximum atomic E-state index is 12.1. The van der Waals surface area contributed by atoms with Crippen LogP contribution in [0.25, 0.3) is 0 Å². The highest BCUT2D eigenvalue weighted by Gasteiger charge is 2.21. The third-order valence-corrected chi connectivity index (χ3v) is 3.56. The topological polar surface area (TPSA) is 46.2 Å². The summed E-state index contributed by atoms with van der Waals surface area (Å²) in [5.41, 5.74) is 1.52. The second kappa shape index (κ2) is 5.53. The number of hydrogen-bond donors (Lipinski definition) is 1. The lowest BCUT2D eigenvalue weighted by Crippen LogP contribution is -2.38. The molecule has 18 heavy (non-hydrogen) atoms. The molecule has 0 saturated heterocycles. The van der Waals surface area contributed by atoms with Crippen molar-refractivity contribution in [2.45, 2.75) is 38.6 Å². The third kappa shape index (κ3) is 3.10. The van der Waals surface area contributed by atoms with Crippen LogP contribution in [0.4, 0.5) is 0 Å². The number of carbonyl (C=O) groups is 2. The maximum Gasteiger partial charge on any atom is 0.251 e. The van der Waals surface area contributed by atoms with Gasteiger partial charge in [-0.2, -0.15) is 0 Å². The van der Waals surface area contributed by atoms with Crippen molar-refractivity contribution < 1.29 is 9.59 Å². The molecule has 0 heterocycles. The summed E-state index contributed by atoms with van der Waals surface area (Å²) in [4.78, 5) is 23.2. The standard InChI is InChI=1S/C14H16ClNO2/c1-9-2-3-10(15)8-13(9)14(18)16-11-4-6-12(17)7-5-11/h2-3,8,11H,4-7H2,1H3,(H,16,18). The number of amides is 1. The molecule has 3 nitrogen and oxygen atoms in total. The van der Waals surface area contributed by atoms with Gasteiger partial charge in [-0.1, -0.05) is 17.7 Å². The van der Waals surface area contributed by atoms with Crippen LogP contribution in [0.5, 0.6) is 0 Å². The van der Waals surface area contributed by atoms with E-state index in [1.54, 1.807) is 12.1 Å². The minimum absolute atomic E-state index is 0.102. The molecule has 0 unspecified atom stereocenters. The summed E-state index contributed by atoms with van der Waals surface area (Å²) in [6, 6.07) is 5.39. The molecule has 96 valence electrons. The lowest BCUT2D eigenvalue weighted by molar-refractivity contribution is -0.120. The number of carbonyl (C=O) groups excluding carboxylic acids is 2. The van der Waals surface area contributed by atoms with E-state index in [9.17, 15) is 9.59 Å². The minimum atomic E-state index is -0.102. The second-order valence-electron chi connectivity index (χ2n) is 4.75. The van der Waals surface area contributed by atoms with Crippen molar-refractivity contribution in [3.63, 3.8) is 0 Å². The van der Waals surface area contributed by atoms with E-state index in [0.717, 1.165) is 18.4 Å². The molecule has 4 heteroatoms. The zero-order valence-electron chi connectivity index (χ0n) is 10.3. The molecule has 2 rings (SSSR count). The minimum Gasteiger partial charge on any atom is -0.349 e. The molecule has 0 aromatic heterocycles. The molecular formula is C14H16ClNO2. The van der Waals surface area contributed by atoms with Gasteiger partial charge in [0.05, 0.1) is 0 Å². The Hall–Kier alpha value is -1.35. The van der Waals surface area contributed by atoms with Crippen LogP contribution in [0.3, 0.4) is 0 Å². The number of halogens is 1. The van der Waals surface area contributed by atoms with Gasteiger partial charge in [0.25, 0.3) is 5.91 Å². The average molecular weight is 266 g/mol. The van der Waals surface area contributed by atoms with Gasteiger partial charge in [-0.05, 0) is 37.5 Å². The van der Waals surface area contributed by atoms with Crippen LogP contribution >= 0.6 is 11.6 Å². The Morgan fingerprint density at radius 1 is 1.33 bits per heavy atom. The van der Waals surface area contributed by atoms with E-state index in [0.29, 0.717) is 29.2 Å². The largest absolute Gasteiger partial charge is 0.349 e. The summed E-state index contributed by atoms with van der Waals surface area (Å²) in [6.07, 6.45) is 2.62. The number of benzene rings is 1. The predicted octanol–water partition coefficient (Wildman–Crippen LogP) is 2.89. The summed E-state index contributed by atoms with van der Waals surface area (Å²) in [5, 5.41) is 3.53. The highest BCUT2D eigenvalue weighted by molar-refractivity contribution is 6.31. The van der Waals surface area contributed by atoms with E-state index in [1.165, 1.54) is 0 Å². The number of hydrogen-bond acceptors (Lipinski definition) is 2. The lowest BCUT2D eigenvalue weighted by atomic mass is 9.94. The monoisotopic (exact) mass is 265 g/mol. The van der Waals surface area contributed by atoms with Crippen LogP contribution in [0, 0.1) is 6.92 Å². The fourth-order valence-electron chi connectivity index (χ4n) is 2.19. The highest BCUT2D eigenvalue weighted by Crippen LogP contribution is 2.18. The molecular weight excluding hydrogens is 250 g/mol. The van der Waals surface area contributed by atoms with Crippen molar-refractivity contribution in [2.24, 2.45) is 0 Å². The number of ketones is 1. The summed E-state index contributed by atoms with van der Waals surface area (Å²) < 4.78 is 0. The quantitative estimate of drug-likeness (QED) is 0.894. The van der Waals surface area contributed by atoms with Crippen LogP contribution < -0.4 is 5.32 Å². The van der Waals surface area contributed by atoms with Crippen molar-refractivity contribution in [3.05, 3.63) is 34.3 Å². The number of rotatable bonds is 2. The molecule has 0 spiro atoms. The summed E-state index contributed by atoms with van der Waals surface area (Å²) in [5.74, 6) is 0.189. The van der Waals surface area contributed by atoms with E-state index < -0.39 is 0 Å². The fourth-order valence-corrected chi connectivity index (χ4v) is 2.36. The zero-order valence-corrected chi connectivity index (χ0v) is 11.1. The first-order valence-electron chi connectivity index (χ1n) is 6.15. The van der Waals surface area contributed by atoms with Gasteiger partial charge >= 0.3 is 0 Å². The van der Waals surface area contributed by atoms with Crippen molar-refractivity contribution in [3.8, 4) is 0 Å². The highest BCUT2D eigenvalue weighted by atomic mass is 35.5. The summed E-state index contributed by atoms with van der Waals surface area (Å²) in [6.45, 7) is 1.88. The van der Waals surface area contributed by atoms with Crippen LogP contribution in [-0.4, -0.2) is 17.7 Å². The SMILES string of the molecule is Cc1ccc(Cl)cc1C(=O)NC1CCC(=O)CC1. The second-order valence-corrected chi connectivity index (χ2v) is 5.18. The predicted molar refractivity (Wildman–Crippen MR) is 70.9 cm³/mol. The Bertz CT molecular complexity index is 475. The first kappa shape index (κ1) is 13.1. The van der Waals surface area contributed by atoms with Gasteiger partial charge in [-0.15, -0.1) is 0 Å². The van der Waals surface area contributed by atoms with E-state index in [1.807, 2.05) is 13.0 Å². The molecule has 0 radical (unpaired) electrons. The summed E-state index contributed by atoms with van der Waals surface area (Å²) in [7, 11) is 0. The number of nitrogens with one attached hydrogen (secondary N) is 1. The van der Waals surface area contributed by atoms with Gasteiger partial charge in [0, 0.05) is 29.5 Å². The average Bonchev–Trinajstić information content (AvgIpc) is 2.35. The van der Waals surface area contributed by atoms with Gasteiger partial charge < -0.3 is 5.32 Å². The molecule has 1 aliphatic rings. The van der Waals surface area contributed by atoms with Crippen LogP contribution in [0.2, 0.25) is 5.02 Å².